The number of hydrogen-bond donors (Lipinski definition) is 5. The second-order valence-electron chi connectivity index (χ2n) is 4.73. The van der Waals surface area contributed by atoms with Gasteiger partial charge in [-0.25, -0.2) is 0 Å². The zero-order chi connectivity index (χ0) is 18.3. The summed E-state index contributed by atoms with van der Waals surface area (Å²) in [7, 11) is 0. The van der Waals surface area contributed by atoms with Crippen LogP contribution in [0.3, 0.4) is 0 Å². The van der Waals surface area contributed by atoms with Crippen LogP contribution in [0.2, 0.25) is 0 Å². The average molecular weight is 385 g/mol. The molecule has 0 spiro atoms. The SMILES string of the molecule is FC(F)(F)c1cccc(NC(=S)NNC(=S)NNc2ccccc2)c1. The molecule has 0 atom stereocenters. The summed E-state index contributed by atoms with van der Waals surface area (Å²) >= 11 is 10.0. The topological polar surface area (TPSA) is 60.1 Å². The predicted octanol–water partition coefficient (Wildman–Crippen LogP) is 3.40. The van der Waals surface area contributed by atoms with Crippen molar-refractivity contribution >= 4 is 46.0 Å². The molecule has 5 N–H and O–H groups in total. The van der Waals surface area contributed by atoms with E-state index in [0.717, 1.165) is 17.8 Å². The minimum Gasteiger partial charge on any atom is -0.331 e. The van der Waals surface area contributed by atoms with Crippen molar-refractivity contribution in [3.63, 3.8) is 0 Å². The molecular weight excluding hydrogens is 371 g/mol. The molecule has 132 valence electrons. The van der Waals surface area contributed by atoms with E-state index in [2.05, 4.69) is 27.0 Å². The van der Waals surface area contributed by atoms with E-state index < -0.39 is 11.7 Å². The minimum atomic E-state index is -4.42. The summed E-state index contributed by atoms with van der Waals surface area (Å²) in [5.41, 5.74) is 11.0. The number of hydrogen-bond acceptors (Lipinski definition) is 3. The molecule has 0 radical (unpaired) electrons. The lowest BCUT2D eigenvalue weighted by Gasteiger charge is -2.16. The van der Waals surface area contributed by atoms with Gasteiger partial charge in [-0.3, -0.25) is 21.7 Å². The molecule has 0 aromatic heterocycles. The molecule has 0 saturated carbocycles. The third-order valence-corrected chi connectivity index (χ3v) is 3.24. The van der Waals surface area contributed by atoms with Crippen LogP contribution in [-0.2, 0) is 6.18 Å². The van der Waals surface area contributed by atoms with E-state index in [4.69, 9.17) is 24.4 Å². The van der Waals surface area contributed by atoms with Gasteiger partial charge in [-0.05, 0) is 54.8 Å². The number of benzene rings is 2. The van der Waals surface area contributed by atoms with Crippen molar-refractivity contribution in [2.75, 3.05) is 10.7 Å². The molecule has 5 nitrogen and oxygen atoms in total. The van der Waals surface area contributed by atoms with E-state index in [0.29, 0.717) is 0 Å². The van der Waals surface area contributed by atoms with E-state index in [-0.39, 0.29) is 15.9 Å². The highest BCUT2D eigenvalue weighted by molar-refractivity contribution is 7.80. The van der Waals surface area contributed by atoms with E-state index in [1.165, 1.54) is 12.1 Å². The molecule has 0 aliphatic heterocycles. The van der Waals surface area contributed by atoms with Crippen molar-refractivity contribution in [2.45, 2.75) is 6.18 Å². The predicted molar refractivity (Wildman–Crippen MR) is 99.7 cm³/mol. The van der Waals surface area contributed by atoms with Gasteiger partial charge in [-0.1, -0.05) is 24.3 Å². The molecule has 0 saturated heterocycles. The fraction of sp³-hybridized carbons (Fsp3) is 0.0667. The first-order valence-electron chi connectivity index (χ1n) is 6.96. The van der Waals surface area contributed by atoms with E-state index in [1.54, 1.807) is 0 Å². The molecule has 0 bridgehead atoms. The van der Waals surface area contributed by atoms with Crippen LogP contribution >= 0.6 is 24.4 Å². The number of thiocarbonyl (C=S) groups is 2. The number of rotatable bonds is 3. The summed E-state index contributed by atoms with van der Waals surface area (Å²) in [6.07, 6.45) is -4.42. The Bertz CT molecular complexity index is 737. The maximum absolute atomic E-state index is 12.7. The lowest BCUT2D eigenvalue weighted by molar-refractivity contribution is -0.137. The Labute approximate surface area is 152 Å². The Hall–Kier alpha value is -2.59. The molecule has 2 rings (SSSR count). The van der Waals surface area contributed by atoms with Crippen LogP contribution in [0.5, 0.6) is 0 Å². The van der Waals surface area contributed by atoms with Crippen LogP contribution in [0.4, 0.5) is 24.5 Å². The maximum Gasteiger partial charge on any atom is 0.416 e. The average Bonchev–Trinajstić information content (AvgIpc) is 2.58. The highest BCUT2D eigenvalue weighted by atomic mass is 32.1. The van der Waals surface area contributed by atoms with E-state index >= 15 is 0 Å². The van der Waals surface area contributed by atoms with Crippen molar-refractivity contribution in [1.29, 1.82) is 0 Å². The lowest BCUT2D eigenvalue weighted by Crippen LogP contribution is -2.49. The number of nitrogens with one attached hydrogen (secondary N) is 5. The van der Waals surface area contributed by atoms with Gasteiger partial charge in [0.25, 0.3) is 0 Å². The maximum atomic E-state index is 12.7. The van der Waals surface area contributed by atoms with Gasteiger partial charge in [0, 0.05) is 5.69 Å². The first-order valence-corrected chi connectivity index (χ1v) is 7.77. The van der Waals surface area contributed by atoms with Gasteiger partial charge >= 0.3 is 6.18 Å². The van der Waals surface area contributed by atoms with Crippen LogP contribution in [-0.4, -0.2) is 10.2 Å². The Morgan fingerprint density at radius 1 is 0.760 bits per heavy atom. The van der Waals surface area contributed by atoms with Gasteiger partial charge in [0.05, 0.1) is 11.3 Å². The lowest BCUT2D eigenvalue weighted by atomic mass is 10.2. The summed E-state index contributed by atoms with van der Waals surface area (Å²) in [4.78, 5) is 0. The first-order chi connectivity index (χ1) is 11.8. The van der Waals surface area contributed by atoms with Crippen molar-refractivity contribution in [1.82, 2.24) is 16.3 Å². The van der Waals surface area contributed by atoms with Gasteiger partial charge in [0.2, 0.25) is 5.11 Å². The zero-order valence-electron chi connectivity index (χ0n) is 12.6. The minimum absolute atomic E-state index is 0.0585. The van der Waals surface area contributed by atoms with Gasteiger partial charge < -0.3 is 5.32 Å². The van der Waals surface area contributed by atoms with E-state index in [9.17, 15) is 13.2 Å². The highest BCUT2D eigenvalue weighted by Crippen LogP contribution is 2.30. The summed E-state index contributed by atoms with van der Waals surface area (Å²) < 4.78 is 38.0. The zero-order valence-corrected chi connectivity index (χ0v) is 14.3. The van der Waals surface area contributed by atoms with Crippen molar-refractivity contribution < 1.29 is 13.2 Å². The van der Waals surface area contributed by atoms with Crippen LogP contribution < -0.4 is 27.0 Å². The summed E-state index contributed by atoms with van der Waals surface area (Å²) in [5.74, 6) is 0. The first kappa shape index (κ1) is 18.7. The van der Waals surface area contributed by atoms with Crippen molar-refractivity contribution in [3.8, 4) is 0 Å². The van der Waals surface area contributed by atoms with Crippen LogP contribution in [0.15, 0.2) is 54.6 Å². The van der Waals surface area contributed by atoms with Gasteiger partial charge in [-0.2, -0.15) is 13.2 Å². The number of hydrazine groups is 2. The quantitative estimate of drug-likeness (QED) is 0.410. The number of para-hydroxylation sites is 1. The van der Waals surface area contributed by atoms with Gasteiger partial charge in [0.15, 0.2) is 5.11 Å². The van der Waals surface area contributed by atoms with Gasteiger partial charge in [-0.15, -0.1) is 0 Å². The fourth-order valence-electron chi connectivity index (χ4n) is 1.73. The third-order valence-electron chi connectivity index (χ3n) is 2.83. The van der Waals surface area contributed by atoms with E-state index in [1.807, 2.05) is 30.3 Å². The summed E-state index contributed by atoms with van der Waals surface area (Å²) in [6, 6.07) is 14.0. The third kappa shape index (κ3) is 6.43. The Kier molecular flexibility index (Phi) is 6.37. The fourth-order valence-corrected chi connectivity index (χ4v) is 2.00. The smallest absolute Gasteiger partial charge is 0.331 e. The monoisotopic (exact) mass is 385 g/mol. The number of anilines is 2. The van der Waals surface area contributed by atoms with Crippen LogP contribution in [0, 0.1) is 0 Å². The molecule has 0 unspecified atom stereocenters. The van der Waals surface area contributed by atoms with Crippen LogP contribution in [0.1, 0.15) is 5.56 Å². The molecule has 0 heterocycles. The Morgan fingerprint density at radius 3 is 2.08 bits per heavy atom. The summed E-state index contributed by atoms with van der Waals surface area (Å²) in [6.45, 7) is 0. The molecular formula is C15H14F3N5S2. The second-order valence-corrected chi connectivity index (χ2v) is 5.54. The highest BCUT2D eigenvalue weighted by Gasteiger charge is 2.30. The van der Waals surface area contributed by atoms with Crippen LogP contribution in [0.25, 0.3) is 0 Å². The number of halogens is 3. The molecule has 0 aliphatic rings. The summed E-state index contributed by atoms with van der Waals surface area (Å²) in [5, 5.41) is 2.88. The largest absolute Gasteiger partial charge is 0.416 e. The second kappa shape index (κ2) is 8.49. The van der Waals surface area contributed by atoms with Crippen molar-refractivity contribution in [2.24, 2.45) is 0 Å². The molecule has 10 heteroatoms. The van der Waals surface area contributed by atoms with Gasteiger partial charge in [0.1, 0.15) is 0 Å². The normalized spacial score (nSPS) is 10.5. The number of alkyl halides is 3. The Balaban J connectivity index is 1.78. The molecule has 0 fully saturated rings. The standard InChI is InChI=1S/C15H14F3N5S2/c16-15(17,18)10-5-4-8-12(9-10)19-13(24)21-23-14(25)22-20-11-6-2-1-3-7-11/h1-9,20H,(H2,19,21,24)(H2,22,23,25). The molecule has 2 aromatic rings. The molecule has 0 aliphatic carbocycles. The molecule has 25 heavy (non-hydrogen) atoms. The Morgan fingerprint density at radius 2 is 1.40 bits per heavy atom. The van der Waals surface area contributed by atoms with Crippen molar-refractivity contribution in [3.05, 3.63) is 60.2 Å². The molecule has 2 aromatic carbocycles. The molecule has 0 amide bonds.